The minimum Gasteiger partial charge on any atom is -0.347 e. The number of carbonyl (C=O) groups is 2. The van der Waals surface area contributed by atoms with E-state index in [2.05, 4.69) is 26.1 Å². The first-order valence-electron chi connectivity index (χ1n) is 8.20. The lowest BCUT2D eigenvalue weighted by Crippen LogP contribution is -2.44. The van der Waals surface area contributed by atoms with Gasteiger partial charge in [0.05, 0.1) is 6.04 Å². The maximum Gasteiger partial charge on any atom is 0.251 e. The highest BCUT2D eigenvalue weighted by Gasteiger charge is 2.36. The summed E-state index contributed by atoms with van der Waals surface area (Å²) in [5, 5.41) is 2.98. The third-order valence-corrected chi connectivity index (χ3v) is 4.28. The molecular weight excluding hydrogens is 288 g/mol. The third-order valence-electron chi connectivity index (χ3n) is 4.28. The fourth-order valence-electron chi connectivity index (χ4n) is 2.84. The minimum atomic E-state index is -0.203. The van der Waals surface area contributed by atoms with E-state index >= 15 is 0 Å². The Labute approximate surface area is 139 Å². The lowest BCUT2D eigenvalue weighted by atomic mass is 9.86. The molecular formula is C19H28N2O2. The number of nitrogens with one attached hydrogen (secondary N) is 1. The van der Waals surface area contributed by atoms with Crippen LogP contribution in [0, 0.1) is 0 Å². The summed E-state index contributed by atoms with van der Waals surface area (Å²) in [5.41, 5.74) is 1.70. The summed E-state index contributed by atoms with van der Waals surface area (Å²) in [6, 6.07) is 7.59. The lowest BCUT2D eigenvalue weighted by Gasteiger charge is -2.32. The minimum absolute atomic E-state index is 0.0695. The van der Waals surface area contributed by atoms with E-state index in [1.807, 2.05) is 49.9 Å². The van der Waals surface area contributed by atoms with Crippen molar-refractivity contribution in [3.8, 4) is 0 Å². The summed E-state index contributed by atoms with van der Waals surface area (Å²) in [6.07, 6.45) is 0.378. The van der Waals surface area contributed by atoms with Crippen molar-refractivity contribution < 1.29 is 9.59 Å². The number of benzene rings is 1. The van der Waals surface area contributed by atoms with Crippen LogP contribution in [0.5, 0.6) is 0 Å². The molecule has 1 unspecified atom stereocenters. The van der Waals surface area contributed by atoms with E-state index in [0.29, 0.717) is 18.5 Å². The molecule has 1 aliphatic rings. The molecule has 0 aliphatic carbocycles. The van der Waals surface area contributed by atoms with Crippen LogP contribution in [0.4, 0.5) is 0 Å². The second-order valence-electron chi connectivity index (χ2n) is 8.38. The topological polar surface area (TPSA) is 49.4 Å². The van der Waals surface area contributed by atoms with Crippen molar-refractivity contribution in [2.45, 2.75) is 65.0 Å². The van der Waals surface area contributed by atoms with E-state index in [0.717, 1.165) is 0 Å². The van der Waals surface area contributed by atoms with Crippen LogP contribution in [-0.2, 0) is 10.2 Å². The monoisotopic (exact) mass is 316 g/mol. The number of hydrogen-bond donors (Lipinski definition) is 1. The number of amides is 2. The van der Waals surface area contributed by atoms with E-state index in [1.54, 1.807) is 0 Å². The Hall–Kier alpha value is -1.84. The summed E-state index contributed by atoms with van der Waals surface area (Å²) >= 11 is 0. The van der Waals surface area contributed by atoms with Crippen LogP contribution < -0.4 is 5.32 Å². The maximum atomic E-state index is 12.4. The Morgan fingerprint density at radius 3 is 2.09 bits per heavy atom. The molecule has 0 bridgehead atoms. The SMILES string of the molecule is CC(C)(C)c1ccc(C(=O)NC2CC(=O)N(C(C)(C)C)C2)cc1. The third kappa shape index (κ3) is 4.12. The molecule has 4 nitrogen and oxygen atoms in total. The second-order valence-corrected chi connectivity index (χ2v) is 8.38. The highest BCUT2D eigenvalue weighted by molar-refractivity contribution is 5.95. The summed E-state index contributed by atoms with van der Waals surface area (Å²) in [4.78, 5) is 26.3. The maximum absolute atomic E-state index is 12.4. The van der Waals surface area contributed by atoms with Crippen molar-refractivity contribution in [1.29, 1.82) is 0 Å². The van der Waals surface area contributed by atoms with Crippen LogP contribution in [-0.4, -0.2) is 34.8 Å². The van der Waals surface area contributed by atoms with E-state index < -0.39 is 0 Å². The molecule has 1 atom stereocenters. The van der Waals surface area contributed by atoms with Gasteiger partial charge < -0.3 is 10.2 Å². The van der Waals surface area contributed by atoms with E-state index in [4.69, 9.17) is 0 Å². The number of carbonyl (C=O) groups excluding carboxylic acids is 2. The van der Waals surface area contributed by atoms with Crippen LogP contribution in [0.3, 0.4) is 0 Å². The predicted molar refractivity (Wildman–Crippen MR) is 92.5 cm³/mol. The van der Waals surface area contributed by atoms with Crippen molar-refractivity contribution >= 4 is 11.8 Å². The van der Waals surface area contributed by atoms with E-state index in [9.17, 15) is 9.59 Å². The van der Waals surface area contributed by atoms with Gasteiger partial charge in [-0.2, -0.15) is 0 Å². The first-order valence-corrected chi connectivity index (χ1v) is 8.20. The van der Waals surface area contributed by atoms with Gasteiger partial charge in [-0.05, 0) is 43.9 Å². The van der Waals surface area contributed by atoms with Gasteiger partial charge in [-0.15, -0.1) is 0 Å². The van der Waals surface area contributed by atoms with Crippen LogP contribution >= 0.6 is 0 Å². The molecule has 1 aliphatic heterocycles. The molecule has 2 amide bonds. The molecule has 1 aromatic carbocycles. The number of rotatable bonds is 2. The van der Waals surface area contributed by atoms with Gasteiger partial charge in [0.1, 0.15) is 0 Å². The Bertz CT molecular complexity index is 591. The molecule has 126 valence electrons. The Balaban J connectivity index is 2.02. The molecule has 0 saturated carbocycles. The first-order chi connectivity index (χ1) is 10.5. The highest BCUT2D eigenvalue weighted by atomic mass is 16.2. The van der Waals surface area contributed by atoms with E-state index in [-0.39, 0.29) is 28.8 Å². The Morgan fingerprint density at radius 1 is 1.09 bits per heavy atom. The molecule has 0 spiro atoms. The van der Waals surface area contributed by atoms with Gasteiger partial charge in [0.2, 0.25) is 5.91 Å². The molecule has 1 heterocycles. The number of nitrogens with zero attached hydrogens (tertiary/aromatic N) is 1. The van der Waals surface area contributed by atoms with Crippen molar-refractivity contribution in [3.05, 3.63) is 35.4 Å². The molecule has 1 fully saturated rings. The summed E-state index contributed by atoms with van der Waals surface area (Å²) in [7, 11) is 0. The normalized spacial score (nSPS) is 19.1. The molecule has 1 aromatic rings. The van der Waals surface area contributed by atoms with Gasteiger partial charge in [0.15, 0.2) is 0 Å². The summed E-state index contributed by atoms with van der Waals surface area (Å²) < 4.78 is 0. The molecule has 0 radical (unpaired) electrons. The van der Waals surface area contributed by atoms with Crippen molar-refractivity contribution in [2.24, 2.45) is 0 Å². The zero-order valence-corrected chi connectivity index (χ0v) is 15.1. The largest absolute Gasteiger partial charge is 0.347 e. The standard InChI is InChI=1S/C19H28N2O2/c1-18(2,3)14-9-7-13(8-10-14)17(23)20-15-11-16(22)21(12-15)19(4,5)6/h7-10,15H,11-12H2,1-6H3,(H,20,23). The van der Waals surface area contributed by atoms with Gasteiger partial charge in [-0.1, -0.05) is 32.9 Å². The second kappa shape index (κ2) is 5.99. The average Bonchev–Trinajstić information content (AvgIpc) is 2.78. The molecule has 23 heavy (non-hydrogen) atoms. The molecule has 1 saturated heterocycles. The van der Waals surface area contributed by atoms with Crippen molar-refractivity contribution in [2.75, 3.05) is 6.54 Å². The number of hydrogen-bond acceptors (Lipinski definition) is 2. The van der Waals surface area contributed by atoms with Crippen LogP contribution in [0.15, 0.2) is 24.3 Å². The van der Waals surface area contributed by atoms with Gasteiger partial charge >= 0.3 is 0 Å². The fourth-order valence-corrected chi connectivity index (χ4v) is 2.84. The molecule has 1 N–H and O–H groups in total. The predicted octanol–water partition coefficient (Wildman–Crippen LogP) is 3.11. The van der Waals surface area contributed by atoms with Crippen molar-refractivity contribution in [1.82, 2.24) is 10.2 Å². The summed E-state index contributed by atoms with van der Waals surface area (Å²) in [6.45, 7) is 13.1. The fraction of sp³-hybridized carbons (Fsp3) is 0.579. The lowest BCUT2D eigenvalue weighted by molar-refractivity contribution is -0.131. The molecule has 0 aromatic heterocycles. The Kier molecular flexibility index (Phi) is 4.56. The number of likely N-dealkylation sites (tertiary alicyclic amines) is 1. The zero-order chi connectivity index (χ0) is 17.4. The van der Waals surface area contributed by atoms with Crippen LogP contribution in [0.1, 0.15) is 63.9 Å². The quantitative estimate of drug-likeness (QED) is 0.911. The van der Waals surface area contributed by atoms with Crippen LogP contribution in [0.25, 0.3) is 0 Å². The molecule has 4 heteroatoms. The molecule has 2 rings (SSSR count). The average molecular weight is 316 g/mol. The van der Waals surface area contributed by atoms with Gasteiger partial charge in [0.25, 0.3) is 5.91 Å². The van der Waals surface area contributed by atoms with Gasteiger partial charge in [-0.25, -0.2) is 0 Å². The van der Waals surface area contributed by atoms with Gasteiger partial charge in [-0.3, -0.25) is 9.59 Å². The van der Waals surface area contributed by atoms with Gasteiger partial charge in [0, 0.05) is 24.1 Å². The highest BCUT2D eigenvalue weighted by Crippen LogP contribution is 2.23. The smallest absolute Gasteiger partial charge is 0.251 e. The van der Waals surface area contributed by atoms with Crippen molar-refractivity contribution in [3.63, 3.8) is 0 Å². The zero-order valence-electron chi connectivity index (χ0n) is 15.1. The van der Waals surface area contributed by atoms with E-state index in [1.165, 1.54) is 5.56 Å². The first kappa shape index (κ1) is 17.5. The Morgan fingerprint density at radius 2 is 1.65 bits per heavy atom. The van der Waals surface area contributed by atoms with Crippen LogP contribution in [0.2, 0.25) is 0 Å². The summed E-state index contributed by atoms with van der Waals surface area (Å²) in [5.74, 6) is -0.00935.